The predicted octanol–water partition coefficient (Wildman–Crippen LogP) is 5.32. The molecule has 3 aromatic rings. The molecule has 0 saturated carbocycles. The molecule has 0 fully saturated rings. The van der Waals surface area contributed by atoms with Gasteiger partial charge in [-0.25, -0.2) is 0 Å². The van der Waals surface area contributed by atoms with Crippen molar-refractivity contribution >= 4 is 11.8 Å². The molecule has 26 heavy (non-hydrogen) atoms. The lowest BCUT2D eigenvalue weighted by Gasteiger charge is -2.16. The first-order valence-corrected chi connectivity index (χ1v) is 9.25. The summed E-state index contributed by atoms with van der Waals surface area (Å²) in [5.41, 5.74) is 10.4. The molecule has 0 bridgehead atoms. The van der Waals surface area contributed by atoms with Crippen LogP contribution < -0.4 is 0 Å². The number of nitrogens with zero attached hydrogens (tertiary/aromatic N) is 2. The fourth-order valence-electron chi connectivity index (χ4n) is 4.06. The van der Waals surface area contributed by atoms with Crippen LogP contribution in [-0.2, 0) is 6.42 Å². The smallest absolute Gasteiger partial charge is 0.0694 e. The Hall–Kier alpha value is -3.00. The Morgan fingerprint density at radius 1 is 0.885 bits per heavy atom. The van der Waals surface area contributed by atoms with Crippen LogP contribution in [0.5, 0.6) is 0 Å². The number of fused-ring (bicyclic) bond motifs is 3. The summed E-state index contributed by atoms with van der Waals surface area (Å²) in [6, 6.07) is 19.7. The van der Waals surface area contributed by atoms with E-state index in [0.29, 0.717) is 0 Å². The highest BCUT2D eigenvalue weighted by atomic mass is 14.8. The summed E-state index contributed by atoms with van der Waals surface area (Å²) in [7, 11) is 0. The summed E-state index contributed by atoms with van der Waals surface area (Å²) in [6.07, 6.45) is 9.27. The molecule has 2 heterocycles. The van der Waals surface area contributed by atoms with Crippen molar-refractivity contribution in [1.82, 2.24) is 4.98 Å². The van der Waals surface area contributed by atoms with Crippen molar-refractivity contribution in [1.29, 1.82) is 0 Å². The van der Waals surface area contributed by atoms with Gasteiger partial charge in [0.2, 0.25) is 0 Å². The Morgan fingerprint density at radius 2 is 1.81 bits per heavy atom. The molecule has 0 saturated heterocycles. The summed E-state index contributed by atoms with van der Waals surface area (Å²) >= 11 is 0. The molecule has 5 rings (SSSR count). The predicted molar refractivity (Wildman–Crippen MR) is 108 cm³/mol. The van der Waals surface area contributed by atoms with Crippen molar-refractivity contribution in [2.45, 2.75) is 19.3 Å². The number of hydrogen-bond donors (Lipinski definition) is 0. The van der Waals surface area contributed by atoms with Crippen molar-refractivity contribution in [2.75, 3.05) is 6.54 Å². The van der Waals surface area contributed by atoms with Crippen LogP contribution in [0.2, 0.25) is 0 Å². The maximum Gasteiger partial charge on any atom is 0.0694 e. The summed E-state index contributed by atoms with van der Waals surface area (Å²) < 4.78 is 0. The minimum atomic E-state index is 0.904. The van der Waals surface area contributed by atoms with Crippen molar-refractivity contribution < 1.29 is 0 Å². The number of hydrogen-bond acceptors (Lipinski definition) is 2. The standard InChI is InChI=1S/C24H20N2/c1-2-8-22-18(5-1)15-21-14-17(9-10-23(21)22)13-19-6-4-12-26-24(19)20-7-3-11-25-16-20/h1-3,5,7-11,13-14,16H,4,6,12,15H2. The van der Waals surface area contributed by atoms with Gasteiger partial charge in [-0.1, -0.05) is 42.5 Å². The second kappa shape index (κ2) is 6.38. The zero-order valence-corrected chi connectivity index (χ0v) is 14.7. The molecule has 0 amide bonds. The van der Waals surface area contributed by atoms with Crippen LogP contribution >= 0.6 is 0 Å². The lowest BCUT2D eigenvalue weighted by Crippen LogP contribution is -2.11. The van der Waals surface area contributed by atoms with E-state index in [4.69, 9.17) is 4.99 Å². The second-order valence-electron chi connectivity index (χ2n) is 7.00. The minimum Gasteiger partial charge on any atom is -0.284 e. The number of pyridine rings is 1. The van der Waals surface area contributed by atoms with Crippen LogP contribution in [0.25, 0.3) is 17.2 Å². The van der Waals surface area contributed by atoms with E-state index in [1.54, 1.807) is 0 Å². The lowest BCUT2D eigenvalue weighted by molar-refractivity contribution is 0.818. The number of rotatable bonds is 2. The second-order valence-corrected chi connectivity index (χ2v) is 7.00. The van der Waals surface area contributed by atoms with Gasteiger partial charge >= 0.3 is 0 Å². The third-order valence-corrected chi connectivity index (χ3v) is 5.27. The Balaban J connectivity index is 1.52. The monoisotopic (exact) mass is 336 g/mol. The van der Waals surface area contributed by atoms with Gasteiger partial charge in [-0.15, -0.1) is 0 Å². The molecule has 2 nitrogen and oxygen atoms in total. The average Bonchev–Trinajstić information content (AvgIpc) is 3.07. The lowest BCUT2D eigenvalue weighted by atomic mass is 9.94. The van der Waals surface area contributed by atoms with E-state index in [1.807, 2.05) is 18.5 Å². The first-order chi connectivity index (χ1) is 12.9. The Morgan fingerprint density at radius 3 is 2.73 bits per heavy atom. The molecule has 2 heteroatoms. The molecule has 0 N–H and O–H groups in total. The van der Waals surface area contributed by atoms with Crippen LogP contribution in [0.3, 0.4) is 0 Å². The van der Waals surface area contributed by atoms with E-state index in [9.17, 15) is 0 Å². The molecule has 0 unspecified atom stereocenters. The van der Waals surface area contributed by atoms with E-state index in [2.05, 4.69) is 59.6 Å². The van der Waals surface area contributed by atoms with Gasteiger partial charge < -0.3 is 0 Å². The normalized spacial score (nSPS) is 16.9. The highest BCUT2D eigenvalue weighted by molar-refractivity contribution is 6.15. The first-order valence-electron chi connectivity index (χ1n) is 9.25. The SMILES string of the molecule is C(=C1CCCN=C1c1cccnc1)c1ccc2c(c1)Cc1ccccc1-2. The maximum atomic E-state index is 4.79. The van der Waals surface area contributed by atoms with E-state index in [-0.39, 0.29) is 0 Å². The Kier molecular flexibility index (Phi) is 3.75. The van der Waals surface area contributed by atoms with Gasteiger partial charge in [0.1, 0.15) is 0 Å². The third kappa shape index (κ3) is 2.68. The molecule has 1 aliphatic heterocycles. The summed E-state index contributed by atoms with van der Waals surface area (Å²) in [5.74, 6) is 0. The van der Waals surface area contributed by atoms with Gasteiger partial charge in [0.25, 0.3) is 0 Å². The molecular weight excluding hydrogens is 316 g/mol. The number of allylic oxidation sites excluding steroid dienone is 1. The average molecular weight is 336 g/mol. The molecule has 0 radical (unpaired) electrons. The van der Waals surface area contributed by atoms with Crippen molar-refractivity contribution in [2.24, 2.45) is 4.99 Å². The zero-order valence-electron chi connectivity index (χ0n) is 14.7. The number of aliphatic imine (C=N–C) groups is 1. The van der Waals surface area contributed by atoms with Gasteiger partial charge in [0, 0.05) is 24.5 Å². The molecule has 0 spiro atoms. The van der Waals surface area contributed by atoms with E-state index in [0.717, 1.165) is 37.1 Å². The Labute approximate surface area is 154 Å². The van der Waals surface area contributed by atoms with Crippen molar-refractivity contribution in [3.63, 3.8) is 0 Å². The maximum absolute atomic E-state index is 4.79. The quantitative estimate of drug-likeness (QED) is 0.486. The molecule has 0 atom stereocenters. The molecule has 1 aliphatic carbocycles. The minimum absolute atomic E-state index is 0.904. The van der Waals surface area contributed by atoms with Crippen LogP contribution in [0.4, 0.5) is 0 Å². The molecular formula is C24H20N2. The fraction of sp³-hybridized carbons (Fsp3) is 0.167. The largest absolute Gasteiger partial charge is 0.284 e. The number of aromatic nitrogens is 1. The van der Waals surface area contributed by atoms with Crippen LogP contribution in [-0.4, -0.2) is 17.2 Å². The topological polar surface area (TPSA) is 25.2 Å². The van der Waals surface area contributed by atoms with Gasteiger partial charge in [-0.05, 0) is 70.9 Å². The van der Waals surface area contributed by atoms with Crippen LogP contribution in [0.1, 0.15) is 35.1 Å². The van der Waals surface area contributed by atoms with Crippen LogP contribution in [0, 0.1) is 0 Å². The summed E-state index contributed by atoms with van der Waals surface area (Å²) in [5, 5.41) is 0. The van der Waals surface area contributed by atoms with Gasteiger partial charge in [-0.2, -0.15) is 0 Å². The first kappa shape index (κ1) is 15.3. The summed E-state index contributed by atoms with van der Waals surface area (Å²) in [6.45, 7) is 0.904. The zero-order chi connectivity index (χ0) is 17.3. The van der Waals surface area contributed by atoms with Crippen molar-refractivity contribution in [3.05, 3.63) is 94.8 Å². The molecule has 1 aromatic heterocycles. The Bertz CT molecular complexity index is 1030. The molecule has 2 aromatic carbocycles. The van der Waals surface area contributed by atoms with Gasteiger partial charge in [-0.3, -0.25) is 9.98 Å². The highest BCUT2D eigenvalue weighted by Crippen LogP contribution is 2.37. The highest BCUT2D eigenvalue weighted by Gasteiger charge is 2.18. The van der Waals surface area contributed by atoms with Crippen LogP contribution in [0.15, 0.2) is 77.6 Å². The summed E-state index contributed by atoms with van der Waals surface area (Å²) in [4.78, 5) is 9.05. The van der Waals surface area contributed by atoms with E-state index >= 15 is 0 Å². The fourth-order valence-corrected chi connectivity index (χ4v) is 4.06. The molecule has 2 aliphatic rings. The van der Waals surface area contributed by atoms with E-state index in [1.165, 1.54) is 33.4 Å². The van der Waals surface area contributed by atoms with Crippen molar-refractivity contribution in [3.8, 4) is 11.1 Å². The van der Waals surface area contributed by atoms with Gasteiger partial charge in [0.05, 0.1) is 5.71 Å². The third-order valence-electron chi connectivity index (χ3n) is 5.27. The molecule has 126 valence electrons. The van der Waals surface area contributed by atoms with Gasteiger partial charge in [0.15, 0.2) is 0 Å². The number of benzene rings is 2. The van der Waals surface area contributed by atoms with E-state index < -0.39 is 0 Å².